The Balaban J connectivity index is 2.06. The summed E-state index contributed by atoms with van der Waals surface area (Å²) in [5, 5.41) is 12.0. The molecule has 0 amide bonds. The summed E-state index contributed by atoms with van der Waals surface area (Å²) in [6, 6.07) is 20.6. The number of benzene rings is 2. The standard InChI is InChI=1S/C23H19N3O3/c1-2-8-20(27)23-22(16-9-4-3-5-10-16)18-11-6-7-12-19(18)25(23)21-14-13-17(15-24-21)26(28)29/h3-7,9-15H,2,8H2,1H3. The van der Waals surface area contributed by atoms with E-state index in [4.69, 9.17) is 0 Å². The van der Waals surface area contributed by atoms with Gasteiger partial charge < -0.3 is 0 Å². The van der Waals surface area contributed by atoms with E-state index in [1.165, 1.54) is 12.3 Å². The molecule has 0 radical (unpaired) electrons. The number of fused-ring (bicyclic) bond motifs is 1. The molecule has 0 fully saturated rings. The summed E-state index contributed by atoms with van der Waals surface area (Å²) in [4.78, 5) is 28.1. The van der Waals surface area contributed by atoms with Crippen molar-refractivity contribution in [3.63, 3.8) is 0 Å². The molecule has 0 saturated carbocycles. The number of Topliss-reactive ketones (excluding diaryl/α,β-unsaturated/α-hetero) is 1. The predicted octanol–water partition coefficient (Wildman–Crippen LogP) is 5.58. The maximum absolute atomic E-state index is 13.2. The number of aromatic nitrogens is 2. The Morgan fingerprint density at radius 1 is 1.03 bits per heavy atom. The SMILES string of the molecule is CCCC(=O)c1c(-c2ccccc2)c2ccccc2n1-c1ccc([N+](=O)[O-])cn1. The second-order valence-electron chi connectivity index (χ2n) is 6.75. The van der Waals surface area contributed by atoms with Crippen LogP contribution in [0.3, 0.4) is 0 Å². The van der Waals surface area contributed by atoms with E-state index in [1.807, 2.05) is 66.1 Å². The van der Waals surface area contributed by atoms with Crippen LogP contribution < -0.4 is 0 Å². The minimum Gasteiger partial charge on any atom is -0.292 e. The Kier molecular flexibility index (Phi) is 4.91. The van der Waals surface area contributed by atoms with Gasteiger partial charge in [-0.3, -0.25) is 19.5 Å². The van der Waals surface area contributed by atoms with Crippen LogP contribution in [0.25, 0.3) is 27.8 Å². The average Bonchev–Trinajstić information content (AvgIpc) is 3.10. The molecular formula is C23H19N3O3. The van der Waals surface area contributed by atoms with Crippen LogP contribution in [0.15, 0.2) is 72.9 Å². The van der Waals surface area contributed by atoms with Crippen molar-refractivity contribution in [2.24, 2.45) is 0 Å². The number of para-hydroxylation sites is 1. The molecule has 0 spiro atoms. The van der Waals surface area contributed by atoms with Crippen LogP contribution in [0.5, 0.6) is 0 Å². The topological polar surface area (TPSA) is 78.0 Å². The Morgan fingerprint density at radius 3 is 2.41 bits per heavy atom. The van der Waals surface area contributed by atoms with Crippen LogP contribution >= 0.6 is 0 Å². The first-order valence-corrected chi connectivity index (χ1v) is 9.44. The molecule has 2 heterocycles. The lowest BCUT2D eigenvalue weighted by Gasteiger charge is -2.11. The van der Waals surface area contributed by atoms with Gasteiger partial charge in [0.15, 0.2) is 5.78 Å². The fourth-order valence-electron chi connectivity index (χ4n) is 3.60. The highest BCUT2D eigenvalue weighted by molar-refractivity contribution is 6.11. The van der Waals surface area contributed by atoms with Crippen molar-refractivity contribution in [1.29, 1.82) is 0 Å². The van der Waals surface area contributed by atoms with E-state index in [2.05, 4.69) is 4.98 Å². The molecule has 0 aliphatic carbocycles. The lowest BCUT2D eigenvalue weighted by atomic mass is 9.99. The largest absolute Gasteiger partial charge is 0.292 e. The number of rotatable bonds is 6. The van der Waals surface area contributed by atoms with Gasteiger partial charge in [0.1, 0.15) is 12.0 Å². The van der Waals surface area contributed by atoms with E-state index in [1.54, 1.807) is 6.07 Å². The number of pyridine rings is 1. The van der Waals surface area contributed by atoms with Crippen molar-refractivity contribution >= 4 is 22.4 Å². The van der Waals surface area contributed by atoms with Crippen LogP contribution in [0.2, 0.25) is 0 Å². The highest BCUT2D eigenvalue weighted by Crippen LogP contribution is 2.37. The second kappa shape index (κ2) is 7.67. The molecule has 0 unspecified atom stereocenters. The number of hydrogen-bond donors (Lipinski definition) is 0. The number of nitrogens with zero attached hydrogens (tertiary/aromatic N) is 3. The highest BCUT2D eigenvalue weighted by atomic mass is 16.6. The molecule has 4 aromatic rings. The van der Waals surface area contributed by atoms with E-state index in [-0.39, 0.29) is 11.5 Å². The number of nitro groups is 1. The van der Waals surface area contributed by atoms with Crippen molar-refractivity contribution in [1.82, 2.24) is 9.55 Å². The van der Waals surface area contributed by atoms with Crippen molar-refractivity contribution in [2.45, 2.75) is 19.8 Å². The summed E-state index contributed by atoms with van der Waals surface area (Å²) in [7, 11) is 0. The molecule has 29 heavy (non-hydrogen) atoms. The molecule has 6 heteroatoms. The Morgan fingerprint density at radius 2 is 1.76 bits per heavy atom. The van der Waals surface area contributed by atoms with Gasteiger partial charge in [-0.2, -0.15) is 0 Å². The lowest BCUT2D eigenvalue weighted by molar-refractivity contribution is -0.385. The molecule has 6 nitrogen and oxygen atoms in total. The molecule has 0 aliphatic rings. The van der Waals surface area contributed by atoms with E-state index in [0.717, 1.165) is 28.5 Å². The second-order valence-corrected chi connectivity index (χ2v) is 6.75. The first kappa shape index (κ1) is 18.6. The van der Waals surface area contributed by atoms with Crippen molar-refractivity contribution in [3.8, 4) is 16.9 Å². The third kappa shape index (κ3) is 3.29. The minimum absolute atomic E-state index is 0.0164. The van der Waals surface area contributed by atoms with Gasteiger partial charge >= 0.3 is 0 Å². The van der Waals surface area contributed by atoms with Crippen LogP contribution in [-0.2, 0) is 0 Å². The van der Waals surface area contributed by atoms with Gasteiger partial charge in [0.25, 0.3) is 5.69 Å². The molecule has 0 aliphatic heterocycles. The minimum atomic E-state index is -0.483. The van der Waals surface area contributed by atoms with Crippen molar-refractivity contribution in [3.05, 3.63) is 88.7 Å². The number of carbonyl (C=O) groups is 1. The van der Waals surface area contributed by atoms with Crippen LogP contribution in [0.4, 0.5) is 5.69 Å². The molecule has 0 saturated heterocycles. The highest BCUT2D eigenvalue weighted by Gasteiger charge is 2.24. The fraction of sp³-hybridized carbons (Fsp3) is 0.130. The first-order chi connectivity index (χ1) is 14.1. The zero-order valence-corrected chi connectivity index (χ0v) is 15.9. The van der Waals surface area contributed by atoms with Gasteiger partial charge in [-0.25, -0.2) is 4.98 Å². The van der Waals surface area contributed by atoms with Gasteiger partial charge in [-0.05, 0) is 24.1 Å². The van der Waals surface area contributed by atoms with Gasteiger partial charge in [0.05, 0.1) is 16.1 Å². The molecule has 0 bridgehead atoms. The quantitative estimate of drug-likeness (QED) is 0.246. The summed E-state index contributed by atoms with van der Waals surface area (Å²) in [6.45, 7) is 1.97. The molecule has 4 rings (SSSR count). The van der Waals surface area contributed by atoms with E-state index < -0.39 is 4.92 Å². The van der Waals surface area contributed by atoms with Crippen LogP contribution in [0, 0.1) is 10.1 Å². The summed E-state index contributed by atoms with van der Waals surface area (Å²) in [5.74, 6) is 0.496. The third-order valence-electron chi connectivity index (χ3n) is 4.85. The Hall–Kier alpha value is -3.80. The van der Waals surface area contributed by atoms with E-state index >= 15 is 0 Å². The normalized spacial score (nSPS) is 10.9. The Labute approximate surface area is 167 Å². The predicted molar refractivity (Wildman–Crippen MR) is 112 cm³/mol. The zero-order valence-electron chi connectivity index (χ0n) is 15.9. The molecule has 0 atom stereocenters. The monoisotopic (exact) mass is 385 g/mol. The number of ketones is 1. The molecule has 0 N–H and O–H groups in total. The van der Waals surface area contributed by atoms with Crippen LogP contribution in [0.1, 0.15) is 30.3 Å². The van der Waals surface area contributed by atoms with E-state index in [9.17, 15) is 14.9 Å². The van der Waals surface area contributed by atoms with Gasteiger partial charge in [0.2, 0.25) is 0 Å². The Bertz CT molecular complexity index is 1200. The van der Waals surface area contributed by atoms with Crippen LogP contribution in [-0.4, -0.2) is 20.3 Å². The van der Waals surface area contributed by atoms with E-state index in [0.29, 0.717) is 17.9 Å². The zero-order chi connectivity index (χ0) is 20.4. The summed E-state index contributed by atoms with van der Waals surface area (Å²) in [5.41, 5.74) is 3.12. The van der Waals surface area contributed by atoms with Gasteiger partial charge in [0, 0.05) is 23.4 Å². The summed E-state index contributed by atoms with van der Waals surface area (Å²) < 4.78 is 1.82. The third-order valence-corrected chi connectivity index (χ3v) is 4.85. The maximum Gasteiger partial charge on any atom is 0.287 e. The van der Waals surface area contributed by atoms with Crippen molar-refractivity contribution in [2.75, 3.05) is 0 Å². The maximum atomic E-state index is 13.2. The molecule has 2 aromatic carbocycles. The first-order valence-electron chi connectivity index (χ1n) is 9.44. The molecule has 144 valence electrons. The summed E-state index contributed by atoms with van der Waals surface area (Å²) >= 11 is 0. The lowest BCUT2D eigenvalue weighted by Crippen LogP contribution is -2.10. The molecular weight excluding hydrogens is 366 g/mol. The summed E-state index contributed by atoms with van der Waals surface area (Å²) in [6.07, 6.45) is 2.35. The molecule has 2 aromatic heterocycles. The van der Waals surface area contributed by atoms with Gasteiger partial charge in [-0.1, -0.05) is 55.5 Å². The van der Waals surface area contributed by atoms with Gasteiger partial charge in [-0.15, -0.1) is 0 Å². The van der Waals surface area contributed by atoms with Crippen molar-refractivity contribution < 1.29 is 9.72 Å². The average molecular weight is 385 g/mol. The number of hydrogen-bond acceptors (Lipinski definition) is 4. The number of carbonyl (C=O) groups excluding carboxylic acids is 1. The smallest absolute Gasteiger partial charge is 0.287 e. The fourth-order valence-corrected chi connectivity index (χ4v) is 3.60.